The van der Waals surface area contributed by atoms with Gasteiger partial charge in [-0.05, 0) is 42.2 Å². The molecule has 0 fully saturated rings. The number of esters is 1. The van der Waals surface area contributed by atoms with Gasteiger partial charge in [0.1, 0.15) is 0 Å². The maximum Gasteiger partial charge on any atom is 0.418 e. The largest absolute Gasteiger partial charge is 0.449 e. The highest BCUT2D eigenvalue weighted by Crippen LogP contribution is 2.34. The molecule has 29 heavy (non-hydrogen) atoms. The molecule has 0 saturated carbocycles. The third-order valence-corrected chi connectivity index (χ3v) is 4.17. The van der Waals surface area contributed by atoms with Crippen LogP contribution in [0.4, 0.5) is 18.9 Å². The second-order valence-corrected chi connectivity index (χ2v) is 6.77. The quantitative estimate of drug-likeness (QED) is 0.516. The lowest BCUT2D eigenvalue weighted by Gasteiger charge is -2.16. The molecule has 2 aromatic rings. The third kappa shape index (κ3) is 6.48. The van der Waals surface area contributed by atoms with Crippen LogP contribution in [0.5, 0.6) is 0 Å². The van der Waals surface area contributed by atoms with Crippen LogP contribution in [-0.4, -0.2) is 18.0 Å². The fourth-order valence-electron chi connectivity index (χ4n) is 2.50. The molecule has 0 aliphatic heterocycles. The normalized spacial score (nSPS) is 12.8. The summed E-state index contributed by atoms with van der Waals surface area (Å²) in [4.78, 5) is 24.0. The summed E-state index contributed by atoms with van der Waals surface area (Å²) in [5, 5.41) is 2.15. The van der Waals surface area contributed by atoms with E-state index in [-0.39, 0.29) is 0 Å². The van der Waals surface area contributed by atoms with Crippen LogP contribution in [0, 0.1) is 0 Å². The van der Waals surface area contributed by atoms with E-state index in [1.807, 2.05) is 24.3 Å². The smallest absolute Gasteiger partial charge is 0.418 e. The minimum absolute atomic E-state index is 0.389. The second kappa shape index (κ2) is 9.41. The molecule has 0 aliphatic carbocycles. The Bertz CT molecular complexity index is 887. The molecule has 0 aromatic heterocycles. The molecule has 1 amide bonds. The zero-order chi connectivity index (χ0) is 21.6. The molecule has 0 radical (unpaired) electrons. The first kappa shape index (κ1) is 22.2. The minimum atomic E-state index is -4.61. The van der Waals surface area contributed by atoms with E-state index in [4.69, 9.17) is 4.74 Å². The zero-order valence-electron chi connectivity index (χ0n) is 16.3. The Balaban J connectivity index is 1.96. The van der Waals surface area contributed by atoms with Crippen LogP contribution in [0.25, 0.3) is 6.08 Å². The van der Waals surface area contributed by atoms with Crippen molar-refractivity contribution in [2.24, 2.45) is 0 Å². The van der Waals surface area contributed by atoms with Gasteiger partial charge in [0.05, 0.1) is 11.3 Å². The van der Waals surface area contributed by atoms with Crippen LogP contribution in [-0.2, 0) is 20.5 Å². The number of amides is 1. The average molecular weight is 405 g/mol. The predicted octanol–water partition coefficient (Wildman–Crippen LogP) is 5.41. The van der Waals surface area contributed by atoms with E-state index in [1.54, 1.807) is 0 Å². The van der Waals surface area contributed by atoms with Gasteiger partial charge in [-0.1, -0.05) is 50.2 Å². The summed E-state index contributed by atoms with van der Waals surface area (Å²) in [6.45, 7) is 5.43. The number of nitrogens with one attached hydrogen (secondary N) is 1. The Hall–Kier alpha value is -3.09. The van der Waals surface area contributed by atoms with E-state index >= 15 is 0 Å². The molecule has 1 atom stereocenters. The molecule has 7 heteroatoms. The summed E-state index contributed by atoms with van der Waals surface area (Å²) in [7, 11) is 0. The molecule has 0 heterocycles. The van der Waals surface area contributed by atoms with Crippen LogP contribution in [0.15, 0.2) is 54.6 Å². The number of para-hydroxylation sites is 1. The van der Waals surface area contributed by atoms with E-state index in [0.717, 1.165) is 29.3 Å². The van der Waals surface area contributed by atoms with Crippen molar-refractivity contribution >= 4 is 23.6 Å². The molecule has 2 aromatic carbocycles. The SMILES string of the molecule is CC(C)c1ccc(/C=C/C(=O)O[C@H](C)C(=O)Nc2ccccc2C(F)(F)F)cc1. The topological polar surface area (TPSA) is 55.4 Å². The third-order valence-electron chi connectivity index (χ3n) is 4.17. The van der Waals surface area contributed by atoms with Gasteiger partial charge in [0.2, 0.25) is 0 Å². The molecule has 0 bridgehead atoms. The van der Waals surface area contributed by atoms with Crippen LogP contribution in [0.3, 0.4) is 0 Å². The lowest BCUT2D eigenvalue weighted by atomic mass is 10.0. The Morgan fingerprint density at radius 3 is 2.21 bits per heavy atom. The highest BCUT2D eigenvalue weighted by molar-refractivity contribution is 5.97. The van der Waals surface area contributed by atoms with Crippen LogP contribution < -0.4 is 5.32 Å². The Morgan fingerprint density at radius 2 is 1.62 bits per heavy atom. The number of ether oxygens (including phenoxy) is 1. The molecular formula is C22H22F3NO3. The summed E-state index contributed by atoms with van der Waals surface area (Å²) in [5.41, 5.74) is 0.571. The number of carbonyl (C=O) groups excluding carboxylic acids is 2. The van der Waals surface area contributed by atoms with Crippen LogP contribution in [0.1, 0.15) is 43.4 Å². The van der Waals surface area contributed by atoms with Gasteiger partial charge in [0.15, 0.2) is 6.10 Å². The summed E-state index contributed by atoms with van der Waals surface area (Å²) < 4.78 is 44.0. The van der Waals surface area contributed by atoms with Gasteiger partial charge in [0.25, 0.3) is 5.91 Å². The van der Waals surface area contributed by atoms with Crippen LogP contribution >= 0.6 is 0 Å². The van der Waals surface area contributed by atoms with Crippen molar-refractivity contribution in [2.75, 3.05) is 5.32 Å². The fraction of sp³-hybridized carbons (Fsp3) is 0.273. The summed E-state index contributed by atoms with van der Waals surface area (Å²) in [5.74, 6) is -1.24. The zero-order valence-corrected chi connectivity index (χ0v) is 16.3. The van der Waals surface area contributed by atoms with E-state index < -0.39 is 35.4 Å². The molecule has 0 spiro atoms. The molecule has 4 nitrogen and oxygen atoms in total. The average Bonchev–Trinajstić information content (AvgIpc) is 2.66. The van der Waals surface area contributed by atoms with Crippen molar-refractivity contribution in [1.29, 1.82) is 0 Å². The minimum Gasteiger partial charge on any atom is -0.449 e. The van der Waals surface area contributed by atoms with Gasteiger partial charge in [0, 0.05) is 6.08 Å². The summed E-state index contributed by atoms with van der Waals surface area (Å²) >= 11 is 0. The van der Waals surface area contributed by atoms with E-state index in [1.165, 1.54) is 25.1 Å². The van der Waals surface area contributed by atoms with Gasteiger partial charge in [-0.25, -0.2) is 4.79 Å². The molecule has 1 N–H and O–H groups in total. The fourth-order valence-corrected chi connectivity index (χ4v) is 2.50. The number of hydrogen-bond donors (Lipinski definition) is 1. The summed E-state index contributed by atoms with van der Waals surface area (Å²) in [6.07, 6.45) is -3.18. The first-order valence-electron chi connectivity index (χ1n) is 9.03. The Morgan fingerprint density at radius 1 is 1.00 bits per heavy atom. The monoisotopic (exact) mass is 405 g/mol. The van der Waals surface area contributed by atoms with Gasteiger partial charge in [-0.2, -0.15) is 13.2 Å². The molecule has 2 rings (SSSR count). The number of alkyl halides is 3. The van der Waals surface area contributed by atoms with Crippen LogP contribution in [0.2, 0.25) is 0 Å². The number of anilines is 1. The highest BCUT2D eigenvalue weighted by Gasteiger charge is 2.34. The molecule has 0 unspecified atom stereocenters. The van der Waals surface area contributed by atoms with Gasteiger partial charge in [-0.15, -0.1) is 0 Å². The number of halogens is 3. The number of benzene rings is 2. The van der Waals surface area contributed by atoms with E-state index in [9.17, 15) is 22.8 Å². The van der Waals surface area contributed by atoms with Gasteiger partial charge in [-0.3, -0.25) is 4.79 Å². The first-order valence-corrected chi connectivity index (χ1v) is 9.03. The van der Waals surface area contributed by atoms with Crippen molar-refractivity contribution in [3.8, 4) is 0 Å². The Kier molecular flexibility index (Phi) is 7.20. The summed E-state index contributed by atoms with van der Waals surface area (Å²) in [6, 6.07) is 12.2. The number of rotatable bonds is 6. The standard InChI is InChI=1S/C22H22F3NO3/c1-14(2)17-11-8-16(9-12-17)10-13-20(27)29-15(3)21(28)26-19-7-5-4-6-18(19)22(23,24)25/h4-15H,1-3H3,(H,26,28)/b13-10+/t15-/m1/s1. The van der Waals surface area contributed by atoms with Gasteiger partial charge < -0.3 is 10.1 Å². The van der Waals surface area contributed by atoms with Crippen molar-refractivity contribution < 1.29 is 27.5 Å². The Labute approximate surface area is 167 Å². The van der Waals surface area contributed by atoms with Crippen molar-refractivity contribution in [2.45, 2.75) is 39.0 Å². The molecular weight excluding hydrogens is 383 g/mol. The van der Waals surface area contributed by atoms with Crippen molar-refractivity contribution in [1.82, 2.24) is 0 Å². The van der Waals surface area contributed by atoms with E-state index in [2.05, 4.69) is 19.2 Å². The number of hydrogen-bond acceptors (Lipinski definition) is 3. The molecule has 154 valence electrons. The van der Waals surface area contributed by atoms with E-state index in [0.29, 0.717) is 5.92 Å². The first-order chi connectivity index (χ1) is 13.6. The lowest BCUT2D eigenvalue weighted by Crippen LogP contribution is -2.30. The van der Waals surface area contributed by atoms with Crippen molar-refractivity contribution in [3.05, 3.63) is 71.3 Å². The molecule has 0 aliphatic rings. The number of carbonyl (C=O) groups is 2. The maximum absolute atomic E-state index is 13.0. The maximum atomic E-state index is 13.0. The highest BCUT2D eigenvalue weighted by atomic mass is 19.4. The molecule has 0 saturated heterocycles. The predicted molar refractivity (Wildman–Crippen MR) is 105 cm³/mol. The van der Waals surface area contributed by atoms with Gasteiger partial charge >= 0.3 is 12.1 Å². The second-order valence-electron chi connectivity index (χ2n) is 6.77. The van der Waals surface area contributed by atoms with Crippen molar-refractivity contribution in [3.63, 3.8) is 0 Å². The lowest BCUT2D eigenvalue weighted by molar-refractivity contribution is -0.148.